The summed E-state index contributed by atoms with van der Waals surface area (Å²) in [6, 6.07) is 17.1. The van der Waals surface area contributed by atoms with Crippen LogP contribution in [0.3, 0.4) is 0 Å². The van der Waals surface area contributed by atoms with Crippen LogP contribution in [0.4, 0.5) is 11.4 Å². The molecular formula is C33H39N7. The first kappa shape index (κ1) is 27.6. The number of likely N-dealkylation sites (N-methyl/N-ethyl adjacent to an activating group) is 1. The van der Waals surface area contributed by atoms with Crippen LogP contribution in [0.25, 0.3) is 23.1 Å². The fourth-order valence-corrected chi connectivity index (χ4v) is 5.32. The van der Waals surface area contributed by atoms with Crippen molar-refractivity contribution >= 4 is 34.4 Å². The maximum Gasteiger partial charge on any atom is 0.103 e. The number of nitrogens with one attached hydrogen (secondary N) is 3. The zero-order chi connectivity index (χ0) is 27.9. The molecule has 0 spiro atoms. The van der Waals surface area contributed by atoms with Crippen molar-refractivity contribution < 1.29 is 0 Å². The molecule has 1 aliphatic heterocycles. The Kier molecular flexibility index (Phi) is 8.92. The molecular weight excluding hydrogens is 494 g/mol. The summed E-state index contributed by atoms with van der Waals surface area (Å²) in [5.41, 5.74) is 8.68. The number of pyridine rings is 1. The number of piperazine rings is 1. The van der Waals surface area contributed by atoms with E-state index in [1.54, 1.807) is 6.20 Å². The zero-order valence-electron chi connectivity index (χ0n) is 23.8. The molecule has 0 aliphatic carbocycles. The maximum absolute atomic E-state index is 9.88. The van der Waals surface area contributed by atoms with Crippen LogP contribution in [0.15, 0.2) is 54.9 Å². The van der Waals surface area contributed by atoms with Crippen molar-refractivity contribution in [2.24, 2.45) is 0 Å². The Morgan fingerprint density at radius 1 is 1.07 bits per heavy atom. The third kappa shape index (κ3) is 6.60. The third-order valence-corrected chi connectivity index (χ3v) is 7.85. The molecule has 1 aliphatic rings. The van der Waals surface area contributed by atoms with E-state index in [1.165, 1.54) is 31.7 Å². The molecule has 4 aromatic rings. The van der Waals surface area contributed by atoms with Crippen LogP contribution in [0.1, 0.15) is 39.9 Å². The molecule has 0 saturated carbocycles. The van der Waals surface area contributed by atoms with E-state index in [4.69, 9.17) is 0 Å². The molecule has 5 rings (SSSR count). The van der Waals surface area contributed by atoms with Crippen LogP contribution >= 0.6 is 0 Å². The lowest BCUT2D eigenvalue weighted by atomic mass is 10.0. The van der Waals surface area contributed by atoms with Gasteiger partial charge >= 0.3 is 0 Å². The molecule has 1 saturated heterocycles. The SMILES string of the molecule is Cc1ncc(C#N)c(Nc2ccc3[nH]ccc3c2C)c1/C=C/c1cccc(CNCCCN2CCN(C)CC2)c1. The number of aromatic nitrogens is 2. The predicted molar refractivity (Wildman–Crippen MR) is 166 cm³/mol. The van der Waals surface area contributed by atoms with Gasteiger partial charge in [0.1, 0.15) is 6.07 Å². The predicted octanol–water partition coefficient (Wildman–Crippen LogP) is 5.69. The van der Waals surface area contributed by atoms with Crippen LogP contribution in [-0.2, 0) is 6.54 Å². The first-order valence-corrected chi connectivity index (χ1v) is 14.1. The monoisotopic (exact) mass is 533 g/mol. The minimum Gasteiger partial charge on any atom is -0.361 e. The average molecular weight is 534 g/mol. The number of benzene rings is 2. The highest BCUT2D eigenvalue weighted by Gasteiger charge is 2.14. The number of fused-ring (bicyclic) bond motifs is 1. The lowest BCUT2D eigenvalue weighted by molar-refractivity contribution is 0.153. The largest absolute Gasteiger partial charge is 0.361 e. The highest BCUT2D eigenvalue weighted by molar-refractivity contribution is 5.90. The maximum atomic E-state index is 9.88. The number of aryl methyl sites for hydroxylation is 2. The van der Waals surface area contributed by atoms with E-state index in [-0.39, 0.29) is 0 Å². The highest BCUT2D eigenvalue weighted by Crippen LogP contribution is 2.32. The lowest BCUT2D eigenvalue weighted by Crippen LogP contribution is -2.45. The summed E-state index contributed by atoms with van der Waals surface area (Å²) in [5.74, 6) is 0. The van der Waals surface area contributed by atoms with Crippen molar-refractivity contribution in [3.63, 3.8) is 0 Å². The van der Waals surface area contributed by atoms with Crippen LogP contribution in [0.5, 0.6) is 0 Å². The van der Waals surface area contributed by atoms with Crippen molar-refractivity contribution in [3.05, 3.63) is 88.4 Å². The van der Waals surface area contributed by atoms with E-state index < -0.39 is 0 Å². The van der Waals surface area contributed by atoms with E-state index in [0.29, 0.717) is 5.56 Å². The molecule has 0 atom stereocenters. The molecule has 0 unspecified atom stereocenters. The number of nitrogens with zero attached hydrogens (tertiary/aromatic N) is 4. The second-order valence-electron chi connectivity index (χ2n) is 10.7. The van der Waals surface area contributed by atoms with Crippen LogP contribution in [0.2, 0.25) is 0 Å². The van der Waals surface area contributed by atoms with Crippen molar-refractivity contribution in [2.45, 2.75) is 26.8 Å². The molecule has 7 heteroatoms. The molecule has 0 bridgehead atoms. The molecule has 40 heavy (non-hydrogen) atoms. The highest BCUT2D eigenvalue weighted by atomic mass is 15.2. The Balaban J connectivity index is 1.26. The van der Waals surface area contributed by atoms with Crippen molar-refractivity contribution in [1.29, 1.82) is 5.26 Å². The number of aromatic amines is 1. The Hall–Kier alpha value is -3.96. The number of anilines is 2. The molecule has 0 radical (unpaired) electrons. The van der Waals surface area contributed by atoms with Crippen LogP contribution in [0, 0.1) is 25.2 Å². The molecule has 206 valence electrons. The van der Waals surface area contributed by atoms with E-state index in [0.717, 1.165) is 70.7 Å². The average Bonchev–Trinajstić information content (AvgIpc) is 3.45. The second-order valence-corrected chi connectivity index (χ2v) is 10.7. The summed E-state index contributed by atoms with van der Waals surface area (Å²) in [6.45, 7) is 11.8. The number of rotatable bonds is 10. The Morgan fingerprint density at radius 2 is 1.93 bits per heavy atom. The smallest absolute Gasteiger partial charge is 0.103 e. The summed E-state index contributed by atoms with van der Waals surface area (Å²) >= 11 is 0. The van der Waals surface area contributed by atoms with Crippen LogP contribution < -0.4 is 10.6 Å². The van der Waals surface area contributed by atoms with Gasteiger partial charge in [-0.25, -0.2) is 0 Å². The normalized spacial score (nSPS) is 14.7. The van der Waals surface area contributed by atoms with Gasteiger partial charge in [-0.2, -0.15) is 5.26 Å². The number of nitriles is 1. The zero-order valence-corrected chi connectivity index (χ0v) is 23.8. The quantitative estimate of drug-likeness (QED) is 0.227. The summed E-state index contributed by atoms with van der Waals surface area (Å²) in [7, 11) is 2.20. The first-order valence-electron chi connectivity index (χ1n) is 14.1. The lowest BCUT2D eigenvalue weighted by Gasteiger charge is -2.32. The first-order chi connectivity index (χ1) is 19.5. The number of hydrogen-bond donors (Lipinski definition) is 3. The third-order valence-electron chi connectivity index (χ3n) is 7.85. The van der Waals surface area contributed by atoms with Gasteiger partial charge in [0.25, 0.3) is 0 Å². The Bertz CT molecular complexity index is 1520. The fourth-order valence-electron chi connectivity index (χ4n) is 5.32. The molecule has 2 aromatic heterocycles. The van der Waals surface area contributed by atoms with Gasteiger partial charge < -0.3 is 25.4 Å². The Labute approximate surface area is 237 Å². The van der Waals surface area contributed by atoms with E-state index in [2.05, 4.69) is 105 Å². The van der Waals surface area contributed by atoms with E-state index in [9.17, 15) is 5.26 Å². The summed E-state index contributed by atoms with van der Waals surface area (Å²) in [6.07, 6.45) is 8.94. The van der Waals surface area contributed by atoms with Gasteiger partial charge in [-0.05, 0) is 75.3 Å². The van der Waals surface area contributed by atoms with E-state index in [1.807, 2.05) is 13.1 Å². The minimum atomic E-state index is 0.522. The number of hydrogen-bond acceptors (Lipinski definition) is 6. The Morgan fingerprint density at radius 3 is 2.75 bits per heavy atom. The molecule has 2 aromatic carbocycles. The van der Waals surface area contributed by atoms with Gasteiger partial charge in [0.2, 0.25) is 0 Å². The van der Waals surface area contributed by atoms with Gasteiger partial charge in [0.05, 0.1) is 11.3 Å². The number of H-pyrrole nitrogens is 1. The van der Waals surface area contributed by atoms with Gasteiger partial charge in [-0.15, -0.1) is 0 Å². The summed E-state index contributed by atoms with van der Waals surface area (Å²) in [5, 5.41) is 18.2. The van der Waals surface area contributed by atoms with Gasteiger partial charge in [0, 0.05) is 73.0 Å². The molecule has 7 nitrogen and oxygen atoms in total. The molecule has 1 fully saturated rings. The van der Waals surface area contributed by atoms with Crippen LogP contribution in [-0.4, -0.2) is 66.1 Å². The molecule has 3 N–H and O–H groups in total. The van der Waals surface area contributed by atoms with Gasteiger partial charge in [-0.1, -0.05) is 36.4 Å². The summed E-state index contributed by atoms with van der Waals surface area (Å²) in [4.78, 5) is 12.7. The van der Waals surface area contributed by atoms with E-state index >= 15 is 0 Å². The van der Waals surface area contributed by atoms with Gasteiger partial charge in [0.15, 0.2) is 0 Å². The topological polar surface area (TPSA) is 83.0 Å². The van der Waals surface area contributed by atoms with Crippen molar-refractivity contribution in [2.75, 3.05) is 51.6 Å². The van der Waals surface area contributed by atoms with Crippen molar-refractivity contribution in [3.8, 4) is 6.07 Å². The van der Waals surface area contributed by atoms with Crippen molar-refractivity contribution in [1.82, 2.24) is 25.1 Å². The summed E-state index contributed by atoms with van der Waals surface area (Å²) < 4.78 is 0. The molecule has 0 amide bonds. The minimum absolute atomic E-state index is 0.522. The van der Waals surface area contributed by atoms with Gasteiger partial charge in [-0.3, -0.25) is 4.98 Å². The second kappa shape index (κ2) is 12.9. The standard InChI is InChI=1S/C33H39N7/c1-24-29-12-14-36-32(29)11-10-31(24)38-33-28(21-34)23-37-25(2)30(33)9-8-26-6-4-7-27(20-26)22-35-13-5-15-40-18-16-39(3)17-19-40/h4,6-12,14,20,23,35-36H,5,13,15-19,22H2,1-3H3,(H,37,38)/b9-8+. The molecule has 3 heterocycles. The fraction of sp³-hybridized carbons (Fsp3) is 0.333.